The van der Waals surface area contributed by atoms with Gasteiger partial charge in [-0.3, -0.25) is 9.80 Å². The lowest BCUT2D eigenvalue weighted by Gasteiger charge is -2.31. The molecule has 0 unspecified atom stereocenters. The molecule has 0 amide bonds. The molecule has 2 N–H and O–H groups in total. The highest BCUT2D eigenvalue weighted by Gasteiger charge is 2.21. The standard InChI is InChI=1S/C26H32N4OS/c27-26-28-17-25(32-26)19-30-15-11-24(12-16-30)31-23-7-5-20(6-8-23)18-29-13-9-21-3-1-2-4-22(21)10-14-29/h1-8,17,24H,9-16,18-19H2,(H2,27,28). The molecule has 1 aromatic heterocycles. The number of nitrogen functional groups attached to an aromatic ring is 1. The number of fused-ring (bicyclic) bond motifs is 1. The summed E-state index contributed by atoms with van der Waals surface area (Å²) in [7, 11) is 0. The van der Waals surface area contributed by atoms with E-state index in [-0.39, 0.29) is 0 Å². The molecule has 0 spiro atoms. The number of nitrogens with zero attached hydrogens (tertiary/aromatic N) is 3. The lowest BCUT2D eigenvalue weighted by molar-refractivity contribution is 0.0973. The van der Waals surface area contributed by atoms with Crippen molar-refractivity contribution in [3.63, 3.8) is 0 Å². The van der Waals surface area contributed by atoms with Gasteiger partial charge in [0.15, 0.2) is 5.13 Å². The molecule has 1 saturated heterocycles. The number of hydrogen-bond acceptors (Lipinski definition) is 6. The van der Waals surface area contributed by atoms with Crippen molar-refractivity contribution >= 4 is 16.5 Å². The molecule has 5 nitrogen and oxygen atoms in total. The zero-order valence-electron chi connectivity index (χ0n) is 18.6. The average molecular weight is 449 g/mol. The Hall–Kier alpha value is -2.41. The number of nitrogens with two attached hydrogens (primary N) is 1. The molecular formula is C26H32N4OS. The Morgan fingerprint density at radius 1 is 0.875 bits per heavy atom. The maximum absolute atomic E-state index is 6.30. The van der Waals surface area contributed by atoms with Gasteiger partial charge in [0.05, 0.1) is 0 Å². The number of thiazole rings is 1. The number of hydrogen-bond donors (Lipinski definition) is 1. The fraction of sp³-hybridized carbons (Fsp3) is 0.423. The molecule has 2 aliphatic heterocycles. The van der Waals surface area contributed by atoms with Gasteiger partial charge in [-0.25, -0.2) is 4.98 Å². The van der Waals surface area contributed by atoms with Crippen molar-refractivity contribution in [3.05, 3.63) is 76.3 Å². The van der Waals surface area contributed by atoms with Gasteiger partial charge in [0.2, 0.25) is 0 Å². The Labute approximate surface area is 194 Å². The lowest BCUT2D eigenvalue weighted by Crippen LogP contribution is -2.37. The molecule has 0 radical (unpaired) electrons. The summed E-state index contributed by atoms with van der Waals surface area (Å²) in [5.41, 5.74) is 10.1. The highest BCUT2D eigenvalue weighted by molar-refractivity contribution is 7.15. The molecule has 2 aliphatic rings. The van der Waals surface area contributed by atoms with E-state index in [0.717, 1.165) is 70.7 Å². The highest BCUT2D eigenvalue weighted by Crippen LogP contribution is 2.23. The summed E-state index contributed by atoms with van der Waals surface area (Å²) >= 11 is 1.59. The summed E-state index contributed by atoms with van der Waals surface area (Å²) in [5.74, 6) is 0.991. The van der Waals surface area contributed by atoms with Crippen LogP contribution in [0.25, 0.3) is 0 Å². The first-order chi connectivity index (χ1) is 15.7. The summed E-state index contributed by atoms with van der Waals surface area (Å²) in [6.45, 7) is 6.31. The minimum atomic E-state index is 0.299. The van der Waals surface area contributed by atoms with Crippen LogP contribution in [0.5, 0.6) is 5.75 Å². The molecule has 2 aromatic carbocycles. The van der Waals surface area contributed by atoms with Crippen molar-refractivity contribution in [1.82, 2.24) is 14.8 Å². The van der Waals surface area contributed by atoms with E-state index in [2.05, 4.69) is 63.3 Å². The number of benzene rings is 2. The van der Waals surface area contributed by atoms with Gasteiger partial charge in [-0.2, -0.15) is 0 Å². The first-order valence-corrected chi connectivity index (χ1v) is 12.5. The first-order valence-electron chi connectivity index (χ1n) is 11.7. The predicted octanol–water partition coefficient (Wildman–Crippen LogP) is 4.37. The third-order valence-corrected chi connectivity index (χ3v) is 7.44. The van der Waals surface area contributed by atoms with Gasteiger partial charge in [-0.05, 0) is 54.5 Å². The highest BCUT2D eigenvalue weighted by atomic mass is 32.1. The van der Waals surface area contributed by atoms with Gasteiger partial charge >= 0.3 is 0 Å². The van der Waals surface area contributed by atoms with Crippen LogP contribution in [0.3, 0.4) is 0 Å². The van der Waals surface area contributed by atoms with Crippen LogP contribution in [0.4, 0.5) is 5.13 Å². The van der Waals surface area contributed by atoms with Crippen molar-refractivity contribution in [2.75, 3.05) is 31.9 Å². The van der Waals surface area contributed by atoms with Crippen LogP contribution in [-0.2, 0) is 25.9 Å². The second-order valence-electron chi connectivity index (χ2n) is 8.95. The number of likely N-dealkylation sites (tertiary alicyclic amines) is 1. The van der Waals surface area contributed by atoms with E-state index < -0.39 is 0 Å². The van der Waals surface area contributed by atoms with E-state index in [0.29, 0.717) is 11.2 Å². The largest absolute Gasteiger partial charge is 0.490 e. The van der Waals surface area contributed by atoms with Crippen LogP contribution in [0.15, 0.2) is 54.7 Å². The van der Waals surface area contributed by atoms with Gasteiger partial charge in [0.1, 0.15) is 11.9 Å². The second-order valence-corrected chi connectivity index (χ2v) is 10.1. The van der Waals surface area contributed by atoms with Crippen LogP contribution in [-0.4, -0.2) is 47.1 Å². The Kier molecular flexibility index (Phi) is 6.72. The third-order valence-electron chi connectivity index (χ3n) is 6.63. The van der Waals surface area contributed by atoms with E-state index in [1.54, 1.807) is 11.3 Å². The Bertz CT molecular complexity index is 984. The third kappa shape index (κ3) is 5.49. The Morgan fingerprint density at radius 3 is 2.16 bits per heavy atom. The van der Waals surface area contributed by atoms with Crippen LogP contribution >= 0.6 is 11.3 Å². The van der Waals surface area contributed by atoms with Crippen LogP contribution < -0.4 is 10.5 Å². The summed E-state index contributed by atoms with van der Waals surface area (Å²) in [6.07, 6.45) is 6.61. The summed E-state index contributed by atoms with van der Waals surface area (Å²) in [5, 5.41) is 0.655. The minimum Gasteiger partial charge on any atom is -0.490 e. The fourth-order valence-corrected chi connectivity index (χ4v) is 5.52. The molecule has 32 heavy (non-hydrogen) atoms. The number of rotatable bonds is 6. The minimum absolute atomic E-state index is 0.299. The van der Waals surface area contributed by atoms with Gasteiger partial charge in [-0.1, -0.05) is 36.4 Å². The number of aromatic nitrogens is 1. The molecule has 0 atom stereocenters. The van der Waals surface area contributed by atoms with Crippen LogP contribution in [0.1, 0.15) is 34.4 Å². The van der Waals surface area contributed by atoms with E-state index in [9.17, 15) is 0 Å². The summed E-state index contributed by atoms with van der Waals surface area (Å²) in [4.78, 5) is 10.4. The van der Waals surface area contributed by atoms with Gasteiger partial charge in [0, 0.05) is 50.3 Å². The fourth-order valence-electron chi connectivity index (χ4n) is 4.80. The predicted molar refractivity (Wildman–Crippen MR) is 131 cm³/mol. The van der Waals surface area contributed by atoms with Crippen molar-refractivity contribution in [2.24, 2.45) is 0 Å². The van der Waals surface area contributed by atoms with Gasteiger partial charge in [-0.15, -0.1) is 11.3 Å². The average Bonchev–Trinajstić information content (AvgIpc) is 3.11. The number of anilines is 1. The molecule has 1 fully saturated rings. The van der Waals surface area contributed by atoms with Crippen molar-refractivity contribution in [2.45, 2.75) is 44.9 Å². The van der Waals surface area contributed by atoms with E-state index in [1.165, 1.54) is 21.6 Å². The molecule has 0 bridgehead atoms. The number of ether oxygens (including phenoxy) is 1. The molecule has 168 valence electrons. The molecule has 3 aromatic rings. The Morgan fingerprint density at radius 2 is 1.53 bits per heavy atom. The van der Waals surface area contributed by atoms with E-state index >= 15 is 0 Å². The molecule has 0 aliphatic carbocycles. The molecule has 5 rings (SSSR count). The van der Waals surface area contributed by atoms with Gasteiger partial charge < -0.3 is 10.5 Å². The van der Waals surface area contributed by atoms with Crippen LogP contribution in [0, 0.1) is 0 Å². The quantitative estimate of drug-likeness (QED) is 0.607. The van der Waals surface area contributed by atoms with Gasteiger partial charge in [0.25, 0.3) is 0 Å². The zero-order valence-corrected chi connectivity index (χ0v) is 19.4. The van der Waals surface area contributed by atoms with Crippen LogP contribution in [0.2, 0.25) is 0 Å². The van der Waals surface area contributed by atoms with Crippen molar-refractivity contribution in [3.8, 4) is 5.75 Å². The van der Waals surface area contributed by atoms with E-state index in [1.807, 2.05) is 6.20 Å². The molecule has 3 heterocycles. The smallest absolute Gasteiger partial charge is 0.180 e. The normalized spacial score (nSPS) is 18.2. The monoisotopic (exact) mass is 448 g/mol. The maximum atomic E-state index is 6.30. The van der Waals surface area contributed by atoms with Crippen molar-refractivity contribution < 1.29 is 4.74 Å². The molecule has 0 saturated carbocycles. The topological polar surface area (TPSA) is 54.6 Å². The molecule has 6 heteroatoms. The summed E-state index contributed by atoms with van der Waals surface area (Å²) in [6, 6.07) is 17.6. The first kappa shape index (κ1) is 21.4. The zero-order chi connectivity index (χ0) is 21.8. The Balaban J connectivity index is 1.08. The van der Waals surface area contributed by atoms with E-state index in [4.69, 9.17) is 10.5 Å². The number of piperidine rings is 1. The molecular weight excluding hydrogens is 416 g/mol. The van der Waals surface area contributed by atoms with Crippen molar-refractivity contribution in [1.29, 1.82) is 0 Å². The lowest BCUT2D eigenvalue weighted by atomic mass is 10.0. The summed E-state index contributed by atoms with van der Waals surface area (Å²) < 4.78 is 6.30. The maximum Gasteiger partial charge on any atom is 0.180 e. The second kappa shape index (κ2) is 10.0. The SMILES string of the molecule is Nc1ncc(CN2CCC(Oc3ccc(CN4CCc5ccccc5CC4)cc3)CC2)s1.